The van der Waals surface area contributed by atoms with Gasteiger partial charge in [0.05, 0.1) is 6.04 Å². The van der Waals surface area contributed by atoms with Crippen LogP contribution in [0.25, 0.3) is 0 Å². The number of carbonyl (C=O) groups excluding carboxylic acids is 1. The molecule has 1 heterocycles. The van der Waals surface area contributed by atoms with Crippen LogP contribution in [0.2, 0.25) is 0 Å². The van der Waals surface area contributed by atoms with Crippen LogP contribution in [-0.2, 0) is 14.9 Å². The molecule has 0 saturated carbocycles. The van der Waals surface area contributed by atoms with E-state index in [1.54, 1.807) is 6.92 Å². The molecule has 0 bridgehead atoms. The standard InChI is InChI=1S/C15H21BrN2O2/c1-11(14(17)19)18-10-15(6-8-20-9-7-15)12-2-4-13(16)5-3-12/h2-5,11,18H,6-10H2,1H3,(H2,17,19)/t11-/m0/s1. The molecule has 1 aromatic rings. The maximum atomic E-state index is 11.2. The van der Waals surface area contributed by atoms with Crippen LogP contribution in [0.5, 0.6) is 0 Å². The maximum Gasteiger partial charge on any atom is 0.234 e. The van der Waals surface area contributed by atoms with Gasteiger partial charge in [-0.1, -0.05) is 28.1 Å². The monoisotopic (exact) mass is 340 g/mol. The van der Waals surface area contributed by atoms with E-state index in [0.717, 1.165) is 37.1 Å². The molecule has 5 heteroatoms. The highest BCUT2D eigenvalue weighted by atomic mass is 79.9. The number of primary amides is 1. The Balaban J connectivity index is 2.17. The van der Waals surface area contributed by atoms with Crippen molar-refractivity contribution in [2.45, 2.75) is 31.2 Å². The number of carbonyl (C=O) groups is 1. The van der Waals surface area contributed by atoms with Crippen molar-refractivity contribution < 1.29 is 9.53 Å². The van der Waals surface area contributed by atoms with E-state index in [-0.39, 0.29) is 17.4 Å². The second-order valence-electron chi connectivity index (χ2n) is 5.40. The van der Waals surface area contributed by atoms with Crippen molar-refractivity contribution in [3.63, 3.8) is 0 Å². The summed E-state index contributed by atoms with van der Waals surface area (Å²) in [5.74, 6) is -0.317. The summed E-state index contributed by atoms with van der Waals surface area (Å²) in [6, 6.07) is 8.09. The van der Waals surface area contributed by atoms with Gasteiger partial charge in [0.25, 0.3) is 0 Å². The normalized spacial score (nSPS) is 19.5. The predicted octanol–water partition coefficient (Wildman–Crippen LogP) is 1.96. The minimum Gasteiger partial charge on any atom is -0.381 e. The van der Waals surface area contributed by atoms with Crippen molar-refractivity contribution in [3.05, 3.63) is 34.3 Å². The van der Waals surface area contributed by atoms with Crippen molar-refractivity contribution >= 4 is 21.8 Å². The third kappa shape index (κ3) is 3.59. The van der Waals surface area contributed by atoms with Crippen LogP contribution in [0.1, 0.15) is 25.3 Å². The second kappa shape index (κ2) is 6.70. The zero-order valence-corrected chi connectivity index (χ0v) is 13.3. The van der Waals surface area contributed by atoms with E-state index in [9.17, 15) is 4.79 Å². The molecule has 1 atom stereocenters. The average molecular weight is 341 g/mol. The quantitative estimate of drug-likeness (QED) is 0.861. The molecule has 0 spiro atoms. The van der Waals surface area contributed by atoms with Gasteiger partial charge in [0, 0.05) is 29.6 Å². The number of hydrogen-bond donors (Lipinski definition) is 2. The molecule has 0 radical (unpaired) electrons. The highest BCUT2D eigenvalue weighted by molar-refractivity contribution is 9.10. The number of ether oxygens (including phenoxy) is 1. The highest BCUT2D eigenvalue weighted by Gasteiger charge is 2.34. The molecule has 1 aromatic carbocycles. The molecule has 1 fully saturated rings. The van der Waals surface area contributed by atoms with E-state index in [4.69, 9.17) is 10.5 Å². The van der Waals surface area contributed by atoms with Gasteiger partial charge in [-0.3, -0.25) is 4.79 Å². The summed E-state index contributed by atoms with van der Waals surface area (Å²) in [6.07, 6.45) is 1.90. The van der Waals surface area contributed by atoms with Crippen molar-refractivity contribution in [2.24, 2.45) is 5.73 Å². The summed E-state index contributed by atoms with van der Waals surface area (Å²) in [5, 5.41) is 3.26. The predicted molar refractivity (Wildman–Crippen MR) is 82.5 cm³/mol. The molecule has 0 aliphatic carbocycles. The first-order valence-electron chi connectivity index (χ1n) is 6.90. The summed E-state index contributed by atoms with van der Waals surface area (Å²) in [6.45, 7) is 4.05. The van der Waals surface area contributed by atoms with Gasteiger partial charge >= 0.3 is 0 Å². The minimum absolute atomic E-state index is 0.0165. The lowest BCUT2D eigenvalue weighted by atomic mass is 9.74. The Labute approximate surface area is 128 Å². The van der Waals surface area contributed by atoms with Crippen LogP contribution < -0.4 is 11.1 Å². The van der Waals surface area contributed by atoms with Crippen LogP contribution in [-0.4, -0.2) is 31.7 Å². The summed E-state index contributed by atoms with van der Waals surface area (Å²) in [4.78, 5) is 11.2. The molecule has 3 N–H and O–H groups in total. The zero-order valence-electron chi connectivity index (χ0n) is 11.7. The third-order valence-corrected chi connectivity index (χ3v) is 4.61. The molecule has 1 saturated heterocycles. The molecular weight excluding hydrogens is 320 g/mol. The van der Waals surface area contributed by atoms with E-state index < -0.39 is 0 Å². The highest BCUT2D eigenvalue weighted by Crippen LogP contribution is 2.35. The molecule has 0 unspecified atom stereocenters. The van der Waals surface area contributed by atoms with Crippen LogP contribution in [0.15, 0.2) is 28.7 Å². The van der Waals surface area contributed by atoms with Crippen LogP contribution in [0, 0.1) is 0 Å². The van der Waals surface area contributed by atoms with Gasteiger partial charge in [-0.15, -0.1) is 0 Å². The summed E-state index contributed by atoms with van der Waals surface area (Å²) >= 11 is 3.47. The van der Waals surface area contributed by atoms with E-state index >= 15 is 0 Å². The lowest BCUT2D eigenvalue weighted by molar-refractivity contribution is -0.119. The molecule has 20 heavy (non-hydrogen) atoms. The van der Waals surface area contributed by atoms with E-state index in [1.165, 1.54) is 5.56 Å². The molecule has 4 nitrogen and oxygen atoms in total. The summed E-state index contributed by atoms with van der Waals surface area (Å²) < 4.78 is 6.57. The first-order chi connectivity index (χ1) is 9.53. The lowest BCUT2D eigenvalue weighted by Crippen LogP contribution is -2.48. The largest absolute Gasteiger partial charge is 0.381 e. The number of nitrogens with one attached hydrogen (secondary N) is 1. The summed E-state index contributed by atoms with van der Waals surface area (Å²) in [7, 11) is 0. The van der Waals surface area contributed by atoms with Gasteiger partial charge < -0.3 is 15.8 Å². The first-order valence-corrected chi connectivity index (χ1v) is 7.69. The SMILES string of the molecule is C[C@H](NCC1(c2ccc(Br)cc2)CCOCC1)C(N)=O. The molecule has 1 aliphatic rings. The summed E-state index contributed by atoms with van der Waals surface area (Å²) in [5.41, 5.74) is 6.62. The van der Waals surface area contributed by atoms with Gasteiger partial charge in [-0.2, -0.15) is 0 Å². The van der Waals surface area contributed by atoms with Gasteiger partial charge in [-0.05, 0) is 37.5 Å². The van der Waals surface area contributed by atoms with Crippen molar-refractivity contribution in [1.29, 1.82) is 0 Å². The van der Waals surface area contributed by atoms with Crippen molar-refractivity contribution in [2.75, 3.05) is 19.8 Å². The zero-order chi connectivity index (χ0) is 14.6. The number of rotatable bonds is 5. The Morgan fingerprint density at radius 3 is 2.55 bits per heavy atom. The van der Waals surface area contributed by atoms with Gasteiger partial charge in [0.1, 0.15) is 0 Å². The van der Waals surface area contributed by atoms with Gasteiger partial charge in [-0.25, -0.2) is 0 Å². The number of halogens is 1. The number of hydrogen-bond acceptors (Lipinski definition) is 3. The fraction of sp³-hybridized carbons (Fsp3) is 0.533. The van der Waals surface area contributed by atoms with E-state index in [0.29, 0.717) is 0 Å². The number of nitrogens with two attached hydrogens (primary N) is 1. The van der Waals surface area contributed by atoms with Gasteiger partial charge in [0.15, 0.2) is 0 Å². The molecule has 0 aromatic heterocycles. The van der Waals surface area contributed by atoms with Crippen molar-refractivity contribution in [3.8, 4) is 0 Å². The van der Waals surface area contributed by atoms with Crippen LogP contribution >= 0.6 is 15.9 Å². The third-order valence-electron chi connectivity index (χ3n) is 4.08. The molecule has 110 valence electrons. The first kappa shape index (κ1) is 15.5. The van der Waals surface area contributed by atoms with Gasteiger partial charge in [0.2, 0.25) is 5.91 Å². The molecule has 2 rings (SSSR count). The Bertz CT molecular complexity index is 455. The van der Waals surface area contributed by atoms with Crippen LogP contribution in [0.4, 0.5) is 0 Å². The fourth-order valence-corrected chi connectivity index (χ4v) is 2.85. The lowest BCUT2D eigenvalue weighted by Gasteiger charge is -2.38. The molecule has 1 aliphatic heterocycles. The van der Waals surface area contributed by atoms with Crippen molar-refractivity contribution in [1.82, 2.24) is 5.32 Å². The Hall–Kier alpha value is -0.910. The smallest absolute Gasteiger partial charge is 0.234 e. The number of benzene rings is 1. The second-order valence-corrected chi connectivity index (χ2v) is 6.32. The molecule has 1 amide bonds. The topological polar surface area (TPSA) is 64.3 Å². The maximum absolute atomic E-state index is 11.2. The Morgan fingerprint density at radius 1 is 1.40 bits per heavy atom. The fourth-order valence-electron chi connectivity index (χ4n) is 2.58. The minimum atomic E-state index is -0.317. The number of amides is 1. The Kier molecular flexibility index (Phi) is 5.18. The average Bonchev–Trinajstić information content (AvgIpc) is 2.46. The van der Waals surface area contributed by atoms with Crippen LogP contribution in [0.3, 0.4) is 0 Å². The van der Waals surface area contributed by atoms with E-state index in [1.807, 2.05) is 0 Å². The molecular formula is C15H21BrN2O2. The van der Waals surface area contributed by atoms with E-state index in [2.05, 4.69) is 45.5 Å². The Morgan fingerprint density at radius 2 is 2.00 bits per heavy atom.